The van der Waals surface area contributed by atoms with Gasteiger partial charge < -0.3 is 14.8 Å². The Morgan fingerprint density at radius 2 is 1.44 bits per heavy atom. The molecule has 32 heavy (non-hydrogen) atoms. The second kappa shape index (κ2) is 10.5. The largest absolute Gasteiger partial charge is 0.444 e. The minimum absolute atomic E-state index is 0.180. The van der Waals surface area contributed by atoms with Crippen LogP contribution in [-0.2, 0) is 16.1 Å². The van der Waals surface area contributed by atoms with Gasteiger partial charge in [0.2, 0.25) is 0 Å². The summed E-state index contributed by atoms with van der Waals surface area (Å²) in [5.74, 6) is 0. The molecule has 0 saturated heterocycles. The van der Waals surface area contributed by atoms with E-state index in [1.54, 1.807) is 12.1 Å². The molecule has 2 amide bonds. The van der Waals surface area contributed by atoms with Crippen LogP contribution >= 0.6 is 0 Å². The highest BCUT2D eigenvalue weighted by atomic mass is 16.6. The summed E-state index contributed by atoms with van der Waals surface area (Å²) in [4.78, 5) is 24.7. The molecule has 6 heteroatoms. The van der Waals surface area contributed by atoms with Gasteiger partial charge in [-0.3, -0.25) is 5.32 Å². The van der Waals surface area contributed by atoms with Crippen LogP contribution in [-0.4, -0.2) is 17.8 Å². The van der Waals surface area contributed by atoms with Crippen LogP contribution in [0.25, 0.3) is 0 Å². The lowest BCUT2D eigenvalue weighted by Crippen LogP contribution is -2.35. The van der Waals surface area contributed by atoms with E-state index in [1.807, 2.05) is 93.6 Å². The van der Waals surface area contributed by atoms with Crippen LogP contribution < -0.4 is 10.6 Å². The van der Waals surface area contributed by atoms with Gasteiger partial charge >= 0.3 is 12.2 Å². The molecular weight excluding hydrogens is 404 g/mol. The Bertz CT molecular complexity index is 1030. The number of benzene rings is 3. The van der Waals surface area contributed by atoms with Gasteiger partial charge in [-0.15, -0.1) is 0 Å². The maximum atomic E-state index is 12.5. The fourth-order valence-electron chi connectivity index (χ4n) is 3.10. The minimum Gasteiger partial charge on any atom is -0.444 e. The lowest BCUT2D eigenvalue weighted by atomic mass is 9.98. The van der Waals surface area contributed by atoms with E-state index in [9.17, 15) is 9.59 Å². The summed E-state index contributed by atoms with van der Waals surface area (Å²) in [5.41, 5.74) is 2.54. The molecule has 0 aliphatic carbocycles. The molecule has 0 unspecified atom stereocenters. The average Bonchev–Trinajstić information content (AvgIpc) is 2.76. The van der Waals surface area contributed by atoms with Crippen molar-refractivity contribution in [3.63, 3.8) is 0 Å². The van der Waals surface area contributed by atoms with Gasteiger partial charge in [0.15, 0.2) is 0 Å². The van der Waals surface area contributed by atoms with Gasteiger partial charge in [0, 0.05) is 5.69 Å². The van der Waals surface area contributed by atoms with Crippen LogP contribution in [0.1, 0.15) is 43.5 Å². The second-order valence-electron chi connectivity index (χ2n) is 8.30. The molecule has 0 heterocycles. The van der Waals surface area contributed by atoms with Crippen molar-refractivity contribution in [1.82, 2.24) is 5.32 Å². The third-order valence-corrected chi connectivity index (χ3v) is 4.47. The zero-order valence-electron chi connectivity index (χ0n) is 18.5. The summed E-state index contributed by atoms with van der Waals surface area (Å²) in [5, 5.41) is 5.67. The summed E-state index contributed by atoms with van der Waals surface area (Å²) in [6.45, 7) is 5.63. The summed E-state index contributed by atoms with van der Waals surface area (Å²) >= 11 is 0. The van der Waals surface area contributed by atoms with E-state index in [0.29, 0.717) is 5.69 Å². The molecule has 3 aromatic carbocycles. The van der Waals surface area contributed by atoms with E-state index in [1.165, 1.54) is 0 Å². The molecule has 166 valence electrons. The van der Waals surface area contributed by atoms with Gasteiger partial charge in [0.25, 0.3) is 0 Å². The van der Waals surface area contributed by atoms with E-state index < -0.39 is 23.8 Å². The highest BCUT2D eigenvalue weighted by Gasteiger charge is 2.22. The fraction of sp³-hybridized carbons (Fsp3) is 0.231. The molecule has 0 aliphatic rings. The molecule has 0 aliphatic heterocycles. The number of nitrogens with one attached hydrogen (secondary N) is 2. The number of hydrogen-bond donors (Lipinski definition) is 2. The number of ether oxygens (including phenoxy) is 2. The second-order valence-corrected chi connectivity index (χ2v) is 8.30. The normalized spacial score (nSPS) is 11.8. The van der Waals surface area contributed by atoms with Gasteiger partial charge in [-0.1, -0.05) is 72.8 Å². The molecule has 3 rings (SSSR count). The van der Waals surface area contributed by atoms with Crippen molar-refractivity contribution < 1.29 is 19.1 Å². The van der Waals surface area contributed by atoms with Crippen molar-refractivity contribution in [1.29, 1.82) is 0 Å². The smallest absolute Gasteiger partial charge is 0.411 e. The number of anilines is 1. The van der Waals surface area contributed by atoms with Gasteiger partial charge in [-0.2, -0.15) is 0 Å². The first-order chi connectivity index (χ1) is 15.3. The Morgan fingerprint density at radius 1 is 0.812 bits per heavy atom. The van der Waals surface area contributed by atoms with Crippen molar-refractivity contribution in [2.24, 2.45) is 0 Å². The summed E-state index contributed by atoms with van der Waals surface area (Å²) in [6.07, 6.45) is -1.07. The summed E-state index contributed by atoms with van der Waals surface area (Å²) in [6, 6.07) is 25.9. The molecule has 2 N–H and O–H groups in total. The predicted molar refractivity (Wildman–Crippen MR) is 124 cm³/mol. The van der Waals surface area contributed by atoms with Gasteiger partial charge in [-0.05, 0) is 49.6 Å². The van der Waals surface area contributed by atoms with E-state index in [-0.39, 0.29) is 6.61 Å². The zero-order chi connectivity index (χ0) is 23.0. The Morgan fingerprint density at radius 3 is 2.09 bits per heavy atom. The number of amides is 2. The SMILES string of the molecule is CC(C)(C)OC(=O)N[C@@H](c1ccccc1)c1cccc(NC(=O)OCc2ccccc2)c1. The van der Waals surface area contributed by atoms with Crippen LogP contribution in [0, 0.1) is 0 Å². The fourth-order valence-corrected chi connectivity index (χ4v) is 3.10. The van der Waals surface area contributed by atoms with Crippen molar-refractivity contribution >= 4 is 17.9 Å². The van der Waals surface area contributed by atoms with Gasteiger partial charge in [-0.25, -0.2) is 9.59 Å². The Hall–Kier alpha value is -3.80. The van der Waals surface area contributed by atoms with Crippen LogP contribution in [0.2, 0.25) is 0 Å². The van der Waals surface area contributed by atoms with Gasteiger partial charge in [0.05, 0.1) is 6.04 Å². The van der Waals surface area contributed by atoms with Crippen LogP contribution in [0.15, 0.2) is 84.9 Å². The molecule has 0 saturated carbocycles. The van der Waals surface area contributed by atoms with E-state index >= 15 is 0 Å². The van der Waals surface area contributed by atoms with E-state index in [4.69, 9.17) is 9.47 Å². The van der Waals surface area contributed by atoms with Crippen LogP contribution in [0.5, 0.6) is 0 Å². The number of rotatable bonds is 6. The molecule has 0 bridgehead atoms. The summed E-state index contributed by atoms with van der Waals surface area (Å²) in [7, 11) is 0. The highest BCUT2D eigenvalue weighted by Crippen LogP contribution is 2.25. The first kappa shape index (κ1) is 22.9. The van der Waals surface area contributed by atoms with Crippen molar-refractivity contribution in [2.45, 2.75) is 39.0 Å². The average molecular weight is 433 g/mol. The van der Waals surface area contributed by atoms with E-state index in [2.05, 4.69) is 10.6 Å². The quantitative estimate of drug-likeness (QED) is 0.497. The molecule has 1 atom stereocenters. The zero-order valence-corrected chi connectivity index (χ0v) is 18.5. The first-order valence-electron chi connectivity index (χ1n) is 10.4. The Kier molecular flexibility index (Phi) is 7.49. The number of carbonyl (C=O) groups excluding carboxylic acids is 2. The number of hydrogen-bond acceptors (Lipinski definition) is 4. The molecular formula is C26H28N2O4. The molecule has 0 fully saturated rings. The molecule has 6 nitrogen and oxygen atoms in total. The lowest BCUT2D eigenvalue weighted by Gasteiger charge is -2.24. The maximum Gasteiger partial charge on any atom is 0.411 e. The Labute approximate surface area is 188 Å². The minimum atomic E-state index is -0.614. The Balaban J connectivity index is 1.73. The predicted octanol–water partition coefficient (Wildman–Crippen LogP) is 6.05. The number of alkyl carbamates (subject to hydrolysis) is 1. The maximum absolute atomic E-state index is 12.5. The van der Waals surface area contributed by atoms with Crippen LogP contribution in [0.3, 0.4) is 0 Å². The van der Waals surface area contributed by atoms with Crippen molar-refractivity contribution in [3.05, 3.63) is 102 Å². The molecule has 0 aromatic heterocycles. The topological polar surface area (TPSA) is 76.7 Å². The molecule has 3 aromatic rings. The third-order valence-electron chi connectivity index (χ3n) is 4.47. The summed E-state index contributed by atoms with van der Waals surface area (Å²) < 4.78 is 10.7. The monoisotopic (exact) mass is 432 g/mol. The molecule has 0 radical (unpaired) electrons. The molecule has 0 spiro atoms. The van der Waals surface area contributed by atoms with E-state index in [0.717, 1.165) is 16.7 Å². The first-order valence-corrected chi connectivity index (χ1v) is 10.4. The van der Waals surface area contributed by atoms with Crippen molar-refractivity contribution in [2.75, 3.05) is 5.32 Å². The number of carbonyl (C=O) groups is 2. The van der Waals surface area contributed by atoms with Crippen molar-refractivity contribution in [3.8, 4) is 0 Å². The van der Waals surface area contributed by atoms with Crippen LogP contribution in [0.4, 0.5) is 15.3 Å². The standard InChI is InChI=1S/C26H28N2O4/c1-26(2,3)32-25(30)28-23(20-13-8-5-9-14-20)21-15-10-16-22(17-21)27-24(29)31-18-19-11-6-4-7-12-19/h4-17,23H,18H2,1-3H3,(H,27,29)(H,28,30)/t23-/m0/s1. The highest BCUT2D eigenvalue weighted by molar-refractivity contribution is 5.84. The third kappa shape index (κ3) is 7.16. The lowest BCUT2D eigenvalue weighted by molar-refractivity contribution is 0.0512. The van der Waals surface area contributed by atoms with Gasteiger partial charge in [0.1, 0.15) is 12.2 Å².